The number of carbonyl (C=O) groups excluding carboxylic acids is 2. The molecule has 0 saturated carbocycles. The van der Waals surface area contributed by atoms with Gasteiger partial charge in [-0.15, -0.1) is 5.10 Å². The fourth-order valence-corrected chi connectivity index (χ4v) is 3.99. The summed E-state index contributed by atoms with van der Waals surface area (Å²) in [4.78, 5) is 29.1. The third kappa shape index (κ3) is 4.72. The zero-order valence-corrected chi connectivity index (χ0v) is 17.2. The zero-order valence-electron chi connectivity index (χ0n) is 14.8. The van der Waals surface area contributed by atoms with Gasteiger partial charge in [0.1, 0.15) is 17.6 Å². The standard InChI is InChI=1S/C19H14Cl2N4O3S/c20-11-1-5-13(6-2-11)22-17(26)9-15-18(27)25-19(29-15)23-16(24-25)10-28-14-7-3-12(21)4-8-14/h1-8,15H,9-10H2,(H,22,26). The van der Waals surface area contributed by atoms with E-state index in [1.165, 1.54) is 16.4 Å². The van der Waals surface area contributed by atoms with Gasteiger partial charge in [-0.1, -0.05) is 35.0 Å². The minimum absolute atomic E-state index is 0.0216. The van der Waals surface area contributed by atoms with E-state index in [1.54, 1.807) is 48.5 Å². The molecule has 148 valence electrons. The molecule has 1 N–H and O–H groups in total. The first-order valence-electron chi connectivity index (χ1n) is 8.58. The van der Waals surface area contributed by atoms with Crippen LogP contribution in [0.5, 0.6) is 5.75 Å². The molecule has 1 unspecified atom stereocenters. The number of fused-ring (bicyclic) bond motifs is 1. The average molecular weight is 449 g/mol. The SMILES string of the molecule is O=C(CC1Sc2nc(COc3ccc(Cl)cc3)nn2C1=O)Nc1ccc(Cl)cc1. The normalized spacial score (nSPS) is 15.2. The van der Waals surface area contributed by atoms with Gasteiger partial charge in [0.2, 0.25) is 5.91 Å². The first kappa shape index (κ1) is 19.8. The number of nitrogens with zero attached hydrogens (tertiary/aromatic N) is 3. The van der Waals surface area contributed by atoms with Crippen LogP contribution < -0.4 is 10.1 Å². The highest BCUT2D eigenvalue weighted by atomic mass is 35.5. The van der Waals surface area contributed by atoms with Crippen molar-refractivity contribution in [2.75, 3.05) is 5.32 Å². The Hall–Kier alpha value is -2.55. The van der Waals surface area contributed by atoms with Crippen LogP contribution in [0.3, 0.4) is 0 Å². The van der Waals surface area contributed by atoms with E-state index in [0.29, 0.717) is 32.5 Å². The van der Waals surface area contributed by atoms with Crippen LogP contribution in [0.1, 0.15) is 17.0 Å². The summed E-state index contributed by atoms with van der Waals surface area (Å²) >= 11 is 12.9. The van der Waals surface area contributed by atoms with Crippen molar-refractivity contribution in [1.29, 1.82) is 0 Å². The van der Waals surface area contributed by atoms with Crippen molar-refractivity contribution in [1.82, 2.24) is 14.8 Å². The molecule has 1 aliphatic heterocycles. The third-order valence-corrected chi connectivity index (χ3v) is 5.67. The Morgan fingerprint density at radius 2 is 1.76 bits per heavy atom. The fourth-order valence-electron chi connectivity index (χ4n) is 2.65. The van der Waals surface area contributed by atoms with Crippen LogP contribution in [0.4, 0.5) is 5.69 Å². The third-order valence-electron chi connectivity index (χ3n) is 4.03. The molecule has 7 nitrogen and oxygen atoms in total. The summed E-state index contributed by atoms with van der Waals surface area (Å²) in [5.41, 5.74) is 0.618. The van der Waals surface area contributed by atoms with Gasteiger partial charge in [-0.3, -0.25) is 9.59 Å². The van der Waals surface area contributed by atoms with Crippen molar-refractivity contribution >= 4 is 52.5 Å². The molecule has 0 aliphatic carbocycles. The van der Waals surface area contributed by atoms with Crippen LogP contribution in [0.15, 0.2) is 53.7 Å². The van der Waals surface area contributed by atoms with E-state index < -0.39 is 5.25 Å². The lowest BCUT2D eigenvalue weighted by Gasteiger charge is -2.08. The number of rotatable bonds is 6. The highest BCUT2D eigenvalue weighted by Gasteiger charge is 2.36. The number of benzene rings is 2. The zero-order chi connectivity index (χ0) is 20.4. The van der Waals surface area contributed by atoms with Gasteiger partial charge < -0.3 is 10.1 Å². The number of hydrogen-bond acceptors (Lipinski definition) is 6. The van der Waals surface area contributed by atoms with Crippen molar-refractivity contribution in [2.45, 2.75) is 23.4 Å². The van der Waals surface area contributed by atoms with Gasteiger partial charge >= 0.3 is 0 Å². The largest absolute Gasteiger partial charge is 0.486 e. The van der Waals surface area contributed by atoms with Gasteiger partial charge in [0.05, 0.1) is 0 Å². The van der Waals surface area contributed by atoms with Crippen LogP contribution in [0.2, 0.25) is 10.0 Å². The smallest absolute Gasteiger partial charge is 0.263 e. The molecule has 0 bridgehead atoms. The van der Waals surface area contributed by atoms with E-state index >= 15 is 0 Å². The minimum atomic E-state index is -0.566. The second-order valence-corrected chi connectivity index (χ2v) is 8.21. The van der Waals surface area contributed by atoms with Crippen LogP contribution in [-0.4, -0.2) is 31.8 Å². The van der Waals surface area contributed by atoms with E-state index in [-0.39, 0.29) is 24.8 Å². The van der Waals surface area contributed by atoms with Gasteiger partial charge in [-0.25, -0.2) is 4.98 Å². The first-order valence-corrected chi connectivity index (χ1v) is 10.2. The monoisotopic (exact) mass is 448 g/mol. The van der Waals surface area contributed by atoms with Crippen LogP contribution in [0.25, 0.3) is 0 Å². The second-order valence-electron chi connectivity index (χ2n) is 6.17. The highest BCUT2D eigenvalue weighted by molar-refractivity contribution is 8.00. The Morgan fingerprint density at radius 3 is 2.41 bits per heavy atom. The highest BCUT2D eigenvalue weighted by Crippen LogP contribution is 2.32. The van der Waals surface area contributed by atoms with Crippen molar-refractivity contribution < 1.29 is 14.3 Å². The Morgan fingerprint density at radius 1 is 1.10 bits per heavy atom. The molecular weight excluding hydrogens is 435 g/mol. The summed E-state index contributed by atoms with van der Waals surface area (Å²) in [5.74, 6) is 0.469. The number of anilines is 1. The summed E-state index contributed by atoms with van der Waals surface area (Å²) < 4.78 is 6.82. The molecule has 3 aromatic rings. The number of aromatic nitrogens is 3. The van der Waals surface area contributed by atoms with E-state index in [9.17, 15) is 9.59 Å². The average Bonchev–Trinajstić information content (AvgIpc) is 3.22. The first-order chi connectivity index (χ1) is 14.0. The second kappa shape index (κ2) is 8.44. The van der Waals surface area contributed by atoms with Gasteiger partial charge in [0, 0.05) is 22.2 Å². The molecule has 0 saturated heterocycles. The molecule has 4 rings (SSSR count). The Balaban J connectivity index is 1.33. The molecule has 1 amide bonds. The fraction of sp³-hybridized carbons (Fsp3) is 0.158. The number of halogens is 2. The Labute approximate surface area is 180 Å². The van der Waals surface area contributed by atoms with Crippen molar-refractivity contribution in [3.8, 4) is 5.75 Å². The van der Waals surface area contributed by atoms with Crippen molar-refractivity contribution in [3.63, 3.8) is 0 Å². The van der Waals surface area contributed by atoms with Gasteiger partial charge in [-0.2, -0.15) is 4.68 Å². The predicted molar refractivity (Wildman–Crippen MR) is 111 cm³/mol. The molecule has 0 radical (unpaired) electrons. The lowest BCUT2D eigenvalue weighted by atomic mass is 10.2. The maximum atomic E-state index is 12.5. The van der Waals surface area contributed by atoms with Crippen LogP contribution >= 0.6 is 35.0 Å². The molecule has 2 heterocycles. The van der Waals surface area contributed by atoms with Crippen LogP contribution in [0, 0.1) is 0 Å². The molecular formula is C19H14Cl2N4O3S. The molecule has 0 spiro atoms. The lowest BCUT2D eigenvalue weighted by molar-refractivity contribution is -0.116. The predicted octanol–water partition coefficient (Wildman–Crippen LogP) is 4.31. The quantitative estimate of drug-likeness (QED) is 0.604. The number of amides is 1. The molecule has 1 atom stereocenters. The number of thioether (sulfide) groups is 1. The van der Waals surface area contributed by atoms with E-state index in [4.69, 9.17) is 27.9 Å². The van der Waals surface area contributed by atoms with Crippen LogP contribution in [-0.2, 0) is 11.4 Å². The molecule has 1 aliphatic rings. The van der Waals surface area contributed by atoms with E-state index in [0.717, 1.165) is 0 Å². The number of ether oxygens (including phenoxy) is 1. The Kier molecular flexibility index (Phi) is 5.75. The van der Waals surface area contributed by atoms with E-state index in [2.05, 4.69) is 15.4 Å². The summed E-state index contributed by atoms with van der Waals surface area (Å²) in [6.07, 6.45) is 0.0216. The van der Waals surface area contributed by atoms with E-state index in [1.807, 2.05) is 0 Å². The maximum Gasteiger partial charge on any atom is 0.263 e. The number of carbonyl (C=O) groups is 2. The summed E-state index contributed by atoms with van der Waals surface area (Å²) in [6.45, 7) is 0.122. The molecule has 2 aromatic carbocycles. The number of hydrogen-bond donors (Lipinski definition) is 1. The number of nitrogens with one attached hydrogen (secondary N) is 1. The molecule has 1 aromatic heterocycles. The molecule has 10 heteroatoms. The summed E-state index contributed by atoms with van der Waals surface area (Å²) in [6, 6.07) is 13.7. The Bertz CT molecular complexity index is 1050. The molecule has 29 heavy (non-hydrogen) atoms. The lowest BCUT2D eigenvalue weighted by Crippen LogP contribution is -2.25. The molecule has 0 fully saturated rings. The van der Waals surface area contributed by atoms with Gasteiger partial charge in [0.15, 0.2) is 11.0 Å². The van der Waals surface area contributed by atoms with Gasteiger partial charge in [0.25, 0.3) is 5.91 Å². The maximum absolute atomic E-state index is 12.5. The summed E-state index contributed by atoms with van der Waals surface area (Å²) in [5, 5.41) is 8.02. The van der Waals surface area contributed by atoms with Gasteiger partial charge in [-0.05, 0) is 48.5 Å². The minimum Gasteiger partial charge on any atom is -0.486 e. The van der Waals surface area contributed by atoms with Crippen molar-refractivity contribution in [2.24, 2.45) is 0 Å². The topological polar surface area (TPSA) is 86.1 Å². The van der Waals surface area contributed by atoms with Crippen molar-refractivity contribution in [3.05, 3.63) is 64.4 Å². The summed E-state index contributed by atoms with van der Waals surface area (Å²) in [7, 11) is 0.